The number of aromatic amines is 1. The Labute approximate surface area is 93.5 Å². The Kier molecular flexibility index (Phi) is 3.09. The number of amides is 1. The summed E-state index contributed by atoms with van der Waals surface area (Å²) in [5.74, 6) is 0.0611. The molecule has 4 N–H and O–H groups in total. The highest BCUT2D eigenvalue weighted by Gasteiger charge is 2.21. The van der Waals surface area contributed by atoms with E-state index in [-0.39, 0.29) is 17.8 Å². The van der Waals surface area contributed by atoms with Crippen molar-refractivity contribution in [3.05, 3.63) is 11.3 Å². The zero-order valence-corrected chi connectivity index (χ0v) is 9.25. The molecule has 1 fully saturated rings. The van der Waals surface area contributed by atoms with E-state index in [0.717, 1.165) is 19.4 Å². The minimum atomic E-state index is -0.181. The van der Waals surface area contributed by atoms with Crippen LogP contribution in [0.1, 0.15) is 28.9 Å². The van der Waals surface area contributed by atoms with Gasteiger partial charge in [0.15, 0.2) is 5.82 Å². The van der Waals surface area contributed by atoms with Crippen LogP contribution in [0.4, 0.5) is 5.82 Å². The number of carbonyl (C=O) groups is 1. The molecule has 2 rings (SSSR count). The standard InChI is InChI=1S/C10H16N4O2/c1-6-8(9(11)14-13-6)10(15)12-7-3-2-4-16-5-7/h7H,2-5H2,1H3,(H,12,15)(H3,11,13,14). The molecule has 6 nitrogen and oxygen atoms in total. The average Bonchev–Trinajstić information content (AvgIpc) is 2.60. The predicted molar refractivity (Wildman–Crippen MR) is 59.0 cm³/mol. The van der Waals surface area contributed by atoms with E-state index in [1.807, 2.05) is 0 Å². The quantitative estimate of drug-likeness (QED) is 0.669. The molecular formula is C10H16N4O2. The predicted octanol–water partition coefficient (Wildman–Crippen LogP) is 0.209. The Hall–Kier alpha value is -1.56. The lowest BCUT2D eigenvalue weighted by Gasteiger charge is -2.23. The SMILES string of the molecule is Cc1[nH]nc(N)c1C(=O)NC1CCCOC1. The molecule has 1 amide bonds. The number of nitrogens with one attached hydrogen (secondary N) is 2. The van der Waals surface area contributed by atoms with Crippen molar-refractivity contribution < 1.29 is 9.53 Å². The number of carbonyl (C=O) groups excluding carboxylic acids is 1. The van der Waals surface area contributed by atoms with Gasteiger partial charge in [-0.2, -0.15) is 5.10 Å². The molecule has 0 spiro atoms. The smallest absolute Gasteiger partial charge is 0.257 e. The van der Waals surface area contributed by atoms with Gasteiger partial charge in [-0.3, -0.25) is 9.89 Å². The summed E-state index contributed by atoms with van der Waals surface area (Å²) >= 11 is 0. The summed E-state index contributed by atoms with van der Waals surface area (Å²) in [6.07, 6.45) is 1.92. The van der Waals surface area contributed by atoms with E-state index in [2.05, 4.69) is 15.5 Å². The van der Waals surface area contributed by atoms with E-state index in [0.29, 0.717) is 17.9 Å². The van der Waals surface area contributed by atoms with Gasteiger partial charge >= 0.3 is 0 Å². The second kappa shape index (κ2) is 4.52. The Balaban J connectivity index is 2.02. The Bertz CT molecular complexity index is 363. The van der Waals surface area contributed by atoms with Gasteiger partial charge in [0.05, 0.1) is 12.6 Å². The molecular weight excluding hydrogens is 208 g/mol. The van der Waals surface area contributed by atoms with Gasteiger partial charge in [0.2, 0.25) is 0 Å². The molecule has 1 aliphatic heterocycles. The minimum absolute atomic E-state index is 0.0787. The average molecular weight is 224 g/mol. The lowest BCUT2D eigenvalue weighted by atomic mass is 10.1. The van der Waals surface area contributed by atoms with Crippen LogP contribution in [0.2, 0.25) is 0 Å². The number of nitrogen functional groups attached to an aromatic ring is 1. The van der Waals surface area contributed by atoms with Gasteiger partial charge in [-0.1, -0.05) is 0 Å². The third-order valence-corrected chi connectivity index (χ3v) is 2.70. The highest BCUT2D eigenvalue weighted by Crippen LogP contribution is 2.13. The number of hydrogen-bond donors (Lipinski definition) is 3. The van der Waals surface area contributed by atoms with Crippen molar-refractivity contribution in [3.63, 3.8) is 0 Å². The molecule has 1 aromatic heterocycles. The van der Waals surface area contributed by atoms with Gasteiger partial charge in [-0.15, -0.1) is 0 Å². The summed E-state index contributed by atoms with van der Waals surface area (Å²) in [4.78, 5) is 11.9. The van der Waals surface area contributed by atoms with E-state index in [1.165, 1.54) is 0 Å². The fourth-order valence-corrected chi connectivity index (χ4v) is 1.85. The fraction of sp³-hybridized carbons (Fsp3) is 0.600. The molecule has 16 heavy (non-hydrogen) atoms. The summed E-state index contributed by atoms with van der Waals surface area (Å²) in [7, 11) is 0. The molecule has 2 heterocycles. The van der Waals surface area contributed by atoms with Gasteiger partial charge in [-0.05, 0) is 19.8 Å². The van der Waals surface area contributed by atoms with Crippen molar-refractivity contribution in [2.45, 2.75) is 25.8 Å². The summed E-state index contributed by atoms with van der Waals surface area (Å²) < 4.78 is 5.29. The topological polar surface area (TPSA) is 93.0 Å². The molecule has 1 aliphatic rings. The molecule has 1 aromatic rings. The van der Waals surface area contributed by atoms with Crippen LogP contribution in [0.25, 0.3) is 0 Å². The molecule has 1 saturated heterocycles. The van der Waals surface area contributed by atoms with E-state index in [9.17, 15) is 4.79 Å². The van der Waals surface area contributed by atoms with Crippen molar-refractivity contribution in [3.8, 4) is 0 Å². The van der Waals surface area contributed by atoms with Crippen LogP contribution in [0.15, 0.2) is 0 Å². The van der Waals surface area contributed by atoms with Crippen LogP contribution in [0.3, 0.4) is 0 Å². The van der Waals surface area contributed by atoms with Crippen molar-refractivity contribution >= 4 is 11.7 Å². The number of anilines is 1. The molecule has 0 aromatic carbocycles. The van der Waals surface area contributed by atoms with Crippen LogP contribution in [0, 0.1) is 6.92 Å². The molecule has 0 saturated carbocycles. The molecule has 0 bridgehead atoms. The number of rotatable bonds is 2. The lowest BCUT2D eigenvalue weighted by molar-refractivity contribution is 0.0624. The zero-order chi connectivity index (χ0) is 11.5. The largest absolute Gasteiger partial charge is 0.382 e. The summed E-state index contributed by atoms with van der Waals surface area (Å²) in [5.41, 5.74) is 6.74. The number of nitrogens with two attached hydrogens (primary N) is 1. The second-order valence-corrected chi connectivity index (χ2v) is 4.00. The molecule has 0 aliphatic carbocycles. The maximum atomic E-state index is 11.9. The van der Waals surface area contributed by atoms with Gasteiger partial charge in [0.25, 0.3) is 5.91 Å². The number of H-pyrrole nitrogens is 1. The first-order valence-electron chi connectivity index (χ1n) is 5.37. The van der Waals surface area contributed by atoms with Crippen LogP contribution in [-0.4, -0.2) is 35.4 Å². The second-order valence-electron chi connectivity index (χ2n) is 4.00. The minimum Gasteiger partial charge on any atom is -0.382 e. The van der Waals surface area contributed by atoms with Gasteiger partial charge in [0, 0.05) is 12.3 Å². The normalized spacial score (nSPS) is 20.7. The maximum absolute atomic E-state index is 11.9. The number of aromatic nitrogens is 2. The van der Waals surface area contributed by atoms with Crippen LogP contribution in [-0.2, 0) is 4.74 Å². The van der Waals surface area contributed by atoms with E-state index >= 15 is 0 Å². The highest BCUT2D eigenvalue weighted by molar-refractivity contribution is 5.99. The number of aryl methyl sites for hydroxylation is 1. The third kappa shape index (κ3) is 2.16. The van der Waals surface area contributed by atoms with Gasteiger partial charge < -0.3 is 15.8 Å². The molecule has 0 radical (unpaired) electrons. The van der Waals surface area contributed by atoms with Crippen LogP contribution in [0.5, 0.6) is 0 Å². The van der Waals surface area contributed by atoms with Crippen molar-refractivity contribution in [1.29, 1.82) is 0 Å². The lowest BCUT2D eigenvalue weighted by Crippen LogP contribution is -2.40. The fourth-order valence-electron chi connectivity index (χ4n) is 1.85. The first-order chi connectivity index (χ1) is 7.68. The van der Waals surface area contributed by atoms with E-state index in [1.54, 1.807) is 6.92 Å². The summed E-state index contributed by atoms with van der Waals surface area (Å²) in [5, 5.41) is 9.38. The molecule has 1 unspecified atom stereocenters. The first kappa shape index (κ1) is 10.9. The number of hydrogen-bond acceptors (Lipinski definition) is 4. The van der Waals surface area contributed by atoms with Gasteiger partial charge in [0.1, 0.15) is 5.56 Å². The molecule has 88 valence electrons. The van der Waals surface area contributed by atoms with E-state index in [4.69, 9.17) is 10.5 Å². The highest BCUT2D eigenvalue weighted by atomic mass is 16.5. The first-order valence-corrected chi connectivity index (χ1v) is 5.37. The van der Waals surface area contributed by atoms with Crippen molar-refractivity contribution in [2.75, 3.05) is 18.9 Å². The Morgan fingerprint density at radius 1 is 1.69 bits per heavy atom. The van der Waals surface area contributed by atoms with Crippen molar-refractivity contribution in [1.82, 2.24) is 15.5 Å². The van der Waals surface area contributed by atoms with Gasteiger partial charge in [-0.25, -0.2) is 0 Å². The van der Waals surface area contributed by atoms with Crippen LogP contribution < -0.4 is 11.1 Å². The third-order valence-electron chi connectivity index (χ3n) is 2.70. The summed E-state index contributed by atoms with van der Waals surface area (Å²) in [6, 6.07) is 0.0787. The Morgan fingerprint density at radius 3 is 3.06 bits per heavy atom. The van der Waals surface area contributed by atoms with Crippen molar-refractivity contribution in [2.24, 2.45) is 0 Å². The number of nitrogens with zero attached hydrogens (tertiary/aromatic N) is 1. The van der Waals surface area contributed by atoms with Crippen LogP contribution >= 0.6 is 0 Å². The Morgan fingerprint density at radius 2 is 2.50 bits per heavy atom. The summed E-state index contributed by atoms with van der Waals surface area (Å²) in [6.45, 7) is 3.12. The maximum Gasteiger partial charge on any atom is 0.257 e. The molecule has 1 atom stereocenters. The molecule has 6 heteroatoms. The zero-order valence-electron chi connectivity index (χ0n) is 9.25. The number of ether oxygens (including phenoxy) is 1. The van der Waals surface area contributed by atoms with E-state index < -0.39 is 0 Å². The monoisotopic (exact) mass is 224 g/mol.